The summed E-state index contributed by atoms with van der Waals surface area (Å²) in [6.07, 6.45) is -1.10. The van der Waals surface area contributed by atoms with E-state index in [0.717, 1.165) is 24.6 Å². The molecule has 0 aromatic carbocycles. The number of nitrogens with zero attached hydrogens (tertiary/aromatic N) is 5. The van der Waals surface area contributed by atoms with Crippen LogP contribution in [0.2, 0.25) is 0 Å². The minimum absolute atomic E-state index is 0.116. The fourth-order valence-electron chi connectivity index (χ4n) is 3.82. The van der Waals surface area contributed by atoms with E-state index in [1.807, 2.05) is 18.2 Å². The summed E-state index contributed by atoms with van der Waals surface area (Å²) >= 11 is 0. The number of halogens is 3. The normalized spacial score (nSPS) is 22.9. The van der Waals surface area contributed by atoms with E-state index in [0.29, 0.717) is 26.1 Å². The van der Waals surface area contributed by atoms with Gasteiger partial charge in [-0.1, -0.05) is 6.07 Å². The van der Waals surface area contributed by atoms with Crippen LogP contribution in [0.1, 0.15) is 24.2 Å². The van der Waals surface area contributed by atoms with Crippen LogP contribution >= 0.6 is 0 Å². The van der Waals surface area contributed by atoms with Gasteiger partial charge in [0.05, 0.1) is 6.10 Å². The summed E-state index contributed by atoms with van der Waals surface area (Å²) in [5.74, 6) is 0.214. The lowest BCUT2D eigenvalue weighted by atomic mass is 10.00. The van der Waals surface area contributed by atoms with E-state index in [1.165, 1.54) is 0 Å². The van der Waals surface area contributed by atoms with Gasteiger partial charge in [0, 0.05) is 50.1 Å². The van der Waals surface area contributed by atoms with Gasteiger partial charge < -0.3 is 14.9 Å². The lowest BCUT2D eigenvalue weighted by molar-refractivity contribution is -0.141. The summed E-state index contributed by atoms with van der Waals surface area (Å²) in [4.78, 5) is 15.9. The molecule has 28 heavy (non-hydrogen) atoms. The molecule has 0 radical (unpaired) electrons. The summed E-state index contributed by atoms with van der Waals surface area (Å²) in [6, 6.07) is 6.56. The zero-order valence-electron chi connectivity index (χ0n) is 15.3. The second-order valence-electron chi connectivity index (χ2n) is 7.36. The van der Waals surface area contributed by atoms with Crippen LogP contribution in [0, 0.1) is 5.92 Å². The Hall–Kier alpha value is -2.42. The van der Waals surface area contributed by atoms with Crippen molar-refractivity contribution in [1.29, 1.82) is 0 Å². The number of β-amino-alcohol motifs (C(OH)–C–C–N with tert-alkyl or cyclic N) is 1. The van der Waals surface area contributed by atoms with Gasteiger partial charge in [0.15, 0.2) is 5.69 Å². The number of hydrogen-bond donors (Lipinski definition) is 1. The van der Waals surface area contributed by atoms with Crippen molar-refractivity contribution in [3.63, 3.8) is 0 Å². The number of aliphatic hydroxyl groups is 1. The molecular weight excluding hydrogens is 371 g/mol. The van der Waals surface area contributed by atoms with Gasteiger partial charge in [-0.2, -0.15) is 18.2 Å². The van der Waals surface area contributed by atoms with Crippen LogP contribution in [0.3, 0.4) is 0 Å². The molecule has 2 saturated heterocycles. The maximum Gasteiger partial charge on any atom is 0.433 e. The van der Waals surface area contributed by atoms with Gasteiger partial charge >= 0.3 is 6.18 Å². The molecule has 2 aromatic heterocycles. The summed E-state index contributed by atoms with van der Waals surface area (Å²) < 4.78 is 40.1. The van der Waals surface area contributed by atoms with E-state index < -0.39 is 18.0 Å². The first-order valence-corrected chi connectivity index (χ1v) is 9.44. The number of alkyl halides is 3. The summed E-state index contributed by atoms with van der Waals surface area (Å²) in [7, 11) is 0. The van der Waals surface area contributed by atoms with Gasteiger partial charge in [-0.3, -0.25) is 4.98 Å². The molecule has 0 saturated carbocycles. The molecule has 2 aliphatic heterocycles. The Morgan fingerprint density at radius 1 is 1.07 bits per heavy atom. The quantitative estimate of drug-likeness (QED) is 0.861. The van der Waals surface area contributed by atoms with E-state index in [9.17, 15) is 18.3 Å². The van der Waals surface area contributed by atoms with Crippen molar-refractivity contribution in [2.45, 2.75) is 31.5 Å². The fraction of sp³-hybridized carbons (Fsp3) is 0.526. The van der Waals surface area contributed by atoms with Crippen LogP contribution < -0.4 is 9.80 Å². The van der Waals surface area contributed by atoms with Crippen molar-refractivity contribution in [2.75, 3.05) is 36.0 Å². The van der Waals surface area contributed by atoms with Crippen molar-refractivity contribution in [3.8, 4) is 0 Å². The number of anilines is 2. The van der Waals surface area contributed by atoms with Gasteiger partial charge in [-0.25, -0.2) is 4.98 Å². The highest BCUT2D eigenvalue weighted by Crippen LogP contribution is 2.33. The molecule has 0 spiro atoms. The third kappa shape index (κ3) is 4.04. The van der Waals surface area contributed by atoms with Crippen LogP contribution in [-0.4, -0.2) is 52.3 Å². The second-order valence-corrected chi connectivity index (χ2v) is 7.36. The molecule has 2 atom stereocenters. The summed E-state index contributed by atoms with van der Waals surface area (Å²) in [5, 5.41) is 10.4. The van der Waals surface area contributed by atoms with E-state index in [2.05, 4.69) is 15.0 Å². The summed E-state index contributed by atoms with van der Waals surface area (Å²) in [6.45, 7) is 1.98. The van der Waals surface area contributed by atoms with Gasteiger partial charge in [-0.15, -0.1) is 0 Å². The van der Waals surface area contributed by atoms with E-state index in [4.69, 9.17) is 0 Å². The molecular formula is C19H22F3N5O. The monoisotopic (exact) mass is 393 g/mol. The highest BCUT2D eigenvalue weighted by atomic mass is 19.4. The Bertz CT molecular complexity index is 811. The van der Waals surface area contributed by atoms with Gasteiger partial charge in [-0.05, 0) is 31.4 Å². The Balaban J connectivity index is 1.58. The number of aliphatic hydroxyl groups excluding tert-OH is 1. The molecule has 1 N–H and O–H groups in total. The molecule has 2 aromatic rings. The van der Waals surface area contributed by atoms with Crippen molar-refractivity contribution in [1.82, 2.24) is 15.0 Å². The minimum atomic E-state index is -4.54. The Morgan fingerprint density at radius 2 is 1.86 bits per heavy atom. The molecule has 9 heteroatoms. The van der Waals surface area contributed by atoms with Gasteiger partial charge in [0.25, 0.3) is 0 Å². The molecule has 2 fully saturated rings. The number of aromatic nitrogens is 3. The fourth-order valence-corrected chi connectivity index (χ4v) is 3.82. The maximum absolute atomic E-state index is 13.4. The number of hydrogen-bond acceptors (Lipinski definition) is 6. The topological polar surface area (TPSA) is 65.4 Å². The van der Waals surface area contributed by atoms with E-state index >= 15 is 0 Å². The van der Waals surface area contributed by atoms with Crippen LogP contribution in [0.4, 0.5) is 24.9 Å². The van der Waals surface area contributed by atoms with Crippen LogP contribution in [-0.2, 0) is 12.6 Å². The number of pyridine rings is 1. The average Bonchev–Trinajstić information content (AvgIpc) is 3.32. The van der Waals surface area contributed by atoms with Crippen molar-refractivity contribution in [3.05, 3.63) is 41.9 Å². The predicted octanol–water partition coefficient (Wildman–Crippen LogP) is 2.53. The number of rotatable bonds is 4. The predicted molar refractivity (Wildman–Crippen MR) is 98.1 cm³/mol. The highest BCUT2D eigenvalue weighted by molar-refractivity contribution is 5.48. The van der Waals surface area contributed by atoms with Crippen molar-refractivity contribution < 1.29 is 18.3 Å². The second kappa shape index (κ2) is 7.54. The Kier molecular flexibility index (Phi) is 5.09. The smallest absolute Gasteiger partial charge is 0.391 e. The first-order valence-electron chi connectivity index (χ1n) is 9.44. The third-order valence-electron chi connectivity index (χ3n) is 5.31. The zero-order chi connectivity index (χ0) is 19.7. The van der Waals surface area contributed by atoms with Gasteiger partial charge in [0.1, 0.15) is 5.82 Å². The van der Waals surface area contributed by atoms with Crippen molar-refractivity contribution >= 4 is 11.8 Å². The van der Waals surface area contributed by atoms with Crippen molar-refractivity contribution in [2.24, 2.45) is 5.92 Å². The lowest BCUT2D eigenvalue weighted by Gasteiger charge is -2.22. The van der Waals surface area contributed by atoms with E-state index in [1.54, 1.807) is 16.0 Å². The molecule has 0 aliphatic carbocycles. The molecule has 2 aliphatic rings. The third-order valence-corrected chi connectivity index (χ3v) is 5.31. The SMILES string of the molecule is OC1CN(c2cc(C(F)(F)F)nc(N3CCCC3)n2)CC1Cc1ccccn1. The first kappa shape index (κ1) is 18.9. The Morgan fingerprint density at radius 3 is 2.54 bits per heavy atom. The molecule has 2 unspecified atom stereocenters. The summed E-state index contributed by atoms with van der Waals surface area (Å²) in [5.41, 5.74) is -0.0908. The van der Waals surface area contributed by atoms with Crippen LogP contribution in [0.5, 0.6) is 0 Å². The molecule has 6 nitrogen and oxygen atoms in total. The first-order chi connectivity index (χ1) is 13.4. The highest BCUT2D eigenvalue weighted by Gasteiger charge is 2.37. The molecule has 150 valence electrons. The molecule has 4 heterocycles. The minimum Gasteiger partial charge on any atom is -0.391 e. The largest absolute Gasteiger partial charge is 0.433 e. The van der Waals surface area contributed by atoms with E-state index in [-0.39, 0.29) is 24.2 Å². The van der Waals surface area contributed by atoms with Gasteiger partial charge in [0.2, 0.25) is 5.95 Å². The lowest BCUT2D eigenvalue weighted by Crippen LogP contribution is -2.27. The molecule has 4 rings (SSSR count). The van der Waals surface area contributed by atoms with Crippen LogP contribution in [0.25, 0.3) is 0 Å². The average molecular weight is 393 g/mol. The maximum atomic E-state index is 13.4. The van der Waals surface area contributed by atoms with Crippen LogP contribution in [0.15, 0.2) is 30.5 Å². The molecule has 0 bridgehead atoms. The standard InChI is InChI=1S/C19H22F3N5O/c20-19(21,22)16-10-17(25-18(24-16)26-7-3-4-8-26)27-11-13(15(28)12-27)9-14-5-1-2-6-23-14/h1-2,5-6,10,13,15,28H,3-4,7-9,11-12H2. The molecule has 0 amide bonds. The Labute approximate surface area is 161 Å². The zero-order valence-corrected chi connectivity index (χ0v) is 15.3.